The molecule has 10 heteroatoms. The van der Waals surface area contributed by atoms with Crippen molar-refractivity contribution >= 4 is 6.09 Å². The number of alkyl carbamates (subject to hydrolysis) is 1. The first-order chi connectivity index (χ1) is 15.5. The number of hydrogen-bond acceptors (Lipinski definition) is 8. The zero-order valence-electron chi connectivity index (χ0n) is 20.6. The highest BCUT2D eigenvalue weighted by Crippen LogP contribution is 2.52. The fraction of sp³-hybridized carbons (Fsp3) is 0.458. The highest BCUT2D eigenvalue weighted by Gasteiger charge is 2.50. The Labute approximate surface area is 203 Å². The van der Waals surface area contributed by atoms with E-state index >= 15 is 0 Å². The third-order valence-electron chi connectivity index (χ3n) is 5.03. The number of ether oxygens (including phenoxy) is 1. The fourth-order valence-electron chi connectivity index (χ4n) is 3.63. The van der Waals surface area contributed by atoms with Crippen LogP contribution < -0.4 is 24.0 Å². The second-order valence-electron chi connectivity index (χ2n) is 9.73. The number of carbonyl (C=O) groups is 1. The van der Waals surface area contributed by atoms with Crippen molar-refractivity contribution in [3.63, 3.8) is 0 Å². The molecule has 0 bridgehead atoms. The lowest BCUT2D eigenvalue weighted by atomic mass is 9.80. The molecule has 0 unspecified atom stereocenters. The fourth-order valence-corrected chi connectivity index (χ4v) is 3.63. The summed E-state index contributed by atoms with van der Waals surface area (Å²) in [6.45, 7) is 11.3. The summed E-state index contributed by atoms with van der Waals surface area (Å²) in [4.78, 5) is 16.4. The summed E-state index contributed by atoms with van der Waals surface area (Å²) in [6, 6.07) is 0. The number of allylic oxidation sites excluding steroid dienone is 7. The van der Waals surface area contributed by atoms with E-state index in [0.29, 0.717) is 6.54 Å². The number of nitrogens with zero attached hydrogens (tertiary/aromatic N) is 2. The van der Waals surface area contributed by atoms with E-state index in [2.05, 4.69) is 60.6 Å². The lowest BCUT2D eigenvalue weighted by Gasteiger charge is -2.25. The third-order valence-corrected chi connectivity index (χ3v) is 5.03. The number of fused-ring (bicyclic) bond motifs is 3. The van der Waals surface area contributed by atoms with Gasteiger partial charge in [0.2, 0.25) is 0 Å². The van der Waals surface area contributed by atoms with Crippen molar-refractivity contribution < 1.29 is 38.4 Å². The SMILES string of the molecule is CN(C)C=CC1=CCN2C3=CC=C(CNC(=O)OC(C)(C)C)[C+]=C3C(C)(C)C2=C1.[O-][Cl+3]([O-])([O-])[O-]. The molecular weight excluding hydrogens is 462 g/mol. The number of amides is 1. The van der Waals surface area contributed by atoms with Gasteiger partial charge in [0, 0.05) is 19.8 Å². The summed E-state index contributed by atoms with van der Waals surface area (Å²) < 4.78 is 39.3. The lowest BCUT2D eigenvalue weighted by molar-refractivity contribution is -2.00. The lowest BCUT2D eigenvalue weighted by Crippen LogP contribution is -2.68. The van der Waals surface area contributed by atoms with Crippen molar-refractivity contribution in [3.05, 3.63) is 70.8 Å². The Morgan fingerprint density at radius 1 is 1.26 bits per heavy atom. The van der Waals surface area contributed by atoms with Crippen LogP contribution in [0.5, 0.6) is 0 Å². The molecule has 34 heavy (non-hydrogen) atoms. The van der Waals surface area contributed by atoms with Crippen molar-refractivity contribution in [1.29, 1.82) is 0 Å². The summed E-state index contributed by atoms with van der Waals surface area (Å²) in [5, 5.41) is 2.83. The maximum atomic E-state index is 12.0. The van der Waals surface area contributed by atoms with E-state index < -0.39 is 21.9 Å². The predicted octanol–water partition coefficient (Wildman–Crippen LogP) is -0.450. The van der Waals surface area contributed by atoms with Gasteiger partial charge in [-0.1, -0.05) is 6.08 Å². The van der Waals surface area contributed by atoms with E-state index in [1.807, 2.05) is 45.8 Å². The highest BCUT2D eigenvalue weighted by molar-refractivity contribution is 5.68. The van der Waals surface area contributed by atoms with Crippen LogP contribution in [0.4, 0.5) is 4.79 Å². The largest absolute Gasteiger partial charge is 0.444 e. The van der Waals surface area contributed by atoms with Crippen molar-refractivity contribution in [2.75, 3.05) is 27.2 Å². The summed E-state index contributed by atoms with van der Waals surface area (Å²) in [7, 11) is -0.896. The van der Waals surface area contributed by atoms with Gasteiger partial charge in [0.1, 0.15) is 11.2 Å². The van der Waals surface area contributed by atoms with Gasteiger partial charge in [-0.3, -0.25) is 4.90 Å². The summed E-state index contributed by atoms with van der Waals surface area (Å²) >= 11 is 0. The van der Waals surface area contributed by atoms with Gasteiger partial charge in [-0.2, -0.15) is 0 Å². The number of halogens is 1. The second-order valence-corrected chi connectivity index (χ2v) is 10.5. The van der Waals surface area contributed by atoms with Gasteiger partial charge in [-0.15, -0.1) is 10.2 Å². The molecule has 2 aliphatic heterocycles. The topological polar surface area (TPSA) is 137 Å². The molecule has 1 saturated heterocycles. The molecule has 0 spiro atoms. The van der Waals surface area contributed by atoms with Crippen molar-refractivity contribution in [3.8, 4) is 0 Å². The van der Waals surface area contributed by atoms with Gasteiger partial charge in [0.05, 0.1) is 36.7 Å². The second kappa shape index (κ2) is 10.3. The zero-order valence-corrected chi connectivity index (χ0v) is 21.4. The van der Waals surface area contributed by atoms with E-state index in [-0.39, 0.29) is 5.41 Å². The van der Waals surface area contributed by atoms with Crippen LogP contribution in [0.15, 0.2) is 64.7 Å². The zero-order chi connectivity index (χ0) is 25.9. The predicted molar refractivity (Wildman–Crippen MR) is 117 cm³/mol. The molecule has 0 saturated carbocycles. The number of hydrogen-bond donors (Lipinski definition) is 1. The Balaban J connectivity index is 0.000000739. The molecule has 186 valence electrons. The Bertz CT molecular complexity index is 970. The average Bonchev–Trinajstić information content (AvgIpc) is 2.89. The molecule has 1 N–H and O–H groups in total. The molecule has 0 atom stereocenters. The average molecular weight is 494 g/mol. The van der Waals surface area contributed by atoms with Crippen LogP contribution in [0, 0.1) is 21.7 Å². The minimum absolute atomic E-state index is 0.150. The number of carbonyl (C=O) groups excluding carboxylic acids is 1. The van der Waals surface area contributed by atoms with Gasteiger partial charge >= 0.3 is 6.09 Å². The van der Waals surface area contributed by atoms with Crippen molar-refractivity contribution in [2.45, 2.75) is 40.2 Å². The van der Waals surface area contributed by atoms with Gasteiger partial charge in [-0.05, 0) is 58.5 Å². The summed E-state index contributed by atoms with van der Waals surface area (Å²) in [5.41, 5.74) is 5.15. The molecule has 1 fully saturated rings. The maximum absolute atomic E-state index is 12.0. The molecule has 2 heterocycles. The first-order valence-electron chi connectivity index (χ1n) is 10.7. The quantitative estimate of drug-likeness (QED) is 0.520. The molecule has 9 nitrogen and oxygen atoms in total. The molecule has 3 rings (SSSR count). The van der Waals surface area contributed by atoms with Crippen LogP contribution in [-0.4, -0.2) is 48.7 Å². The number of nitrogens with one attached hydrogen (secondary N) is 1. The molecule has 0 aromatic carbocycles. The van der Waals surface area contributed by atoms with Crippen LogP contribution in [-0.2, 0) is 4.74 Å². The minimum atomic E-state index is -4.94. The molecule has 0 aromatic rings. The smallest absolute Gasteiger partial charge is 0.408 e. The van der Waals surface area contributed by atoms with E-state index in [0.717, 1.165) is 12.1 Å². The van der Waals surface area contributed by atoms with Crippen molar-refractivity contribution in [2.24, 2.45) is 5.41 Å². The number of rotatable bonds is 4. The standard InChI is InChI=1S/C24H31N3O2.ClHO4/c1-23(2,3)29-22(28)25-16-18-8-9-20-19(14-18)24(4,5)21-15-17(10-12-26(6)7)11-13-27(20)21;2-1(3,4)5/h8-12,15H,13,16H2,1-7H3;(H,2,3,4,5). The van der Waals surface area contributed by atoms with E-state index in [1.165, 1.54) is 22.5 Å². The minimum Gasteiger partial charge on any atom is -0.444 e. The Morgan fingerprint density at radius 2 is 1.88 bits per heavy atom. The molecule has 0 radical (unpaired) electrons. The third kappa shape index (κ3) is 7.99. The summed E-state index contributed by atoms with van der Waals surface area (Å²) in [6.07, 6.45) is 16.0. The van der Waals surface area contributed by atoms with Crippen LogP contribution in [0.1, 0.15) is 34.6 Å². The Hall–Kier alpha value is -2.65. The summed E-state index contributed by atoms with van der Waals surface area (Å²) in [5.74, 6) is 0. The van der Waals surface area contributed by atoms with Crippen molar-refractivity contribution in [1.82, 2.24) is 15.1 Å². The molecular formula is C24H32ClN3O6. The van der Waals surface area contributed by atoms with Gasteiger partial charge in [-0.25, -0.2) is 23.4 Å². The normalized spacial score (nSPS) is 18.7. The van der Waals surface area contributed by atoms with E-state index in [4.69, 9.17) is 23.4 Å². The van der Waals surface area contributed by atoms with Gasteiger partial charge < -0.3 is 15.0 Å². The van der Waals surface area contributed by atoms with Crippen LogP contribution in [0.3, 0.4) is 0 Å². The van der Waals surface area contributed by atoms with Gasteiger partial charge in [0.15, 0.2) is 11.3 Å². The monoisotopic (exact) mass is 493 g/mol. The van der Waals surface area contributed by atoms with Gasteiger partial charge in [0.25, 0.3) is 0 Å². The first-order valence-corrected chi connectivity index (χ1v) is 11.9. The molecule has 0 aromatic heterocycles. The molecule has 1 amide bonds. The Kier molecular flexibility index (Phi) is 8.37. The van der Waals surface area contributed by atoms with E-state index in [1.54, 1.807) is 0 Å². The molecule has 3 aliphatic rings. The molecule has 1 aliphatic carbocycles. The van der Waals surface area contributed by atoms with Crippen LogP contribution >= 0.6 is 0 Å². The maximum Gasteiger partial charge on any atom is 0.408 e. The van der Waals surface area contributed by atoms with Crippen LogP contribution in [0.2, 0.25) is 0 Å². The van der Waals surface area contributed by atoms with Crippen LogP contribution in [0.25, 0.3) is 0 Å². The first kappa shape index (κ1) is 27.6. The highest BCUT2D eigenvalue weighted by atomic mass is 35.7. The van der Waals surface area contributed by atoms with E-state index in [9.17, 15) is 4.79 Å². The Morgan fingerprint density at radius 3 is 2.44 bits per heavy atom.